The molecule has 1 aliphatic carbocycles. The lowest BCUT2D eigenvalue weighted by molar-refractivity contribution is 0.0937. The van der Waals surface area contributed by atoms with Crippen LogP contribution in [0.3, 0.4) is 0 Å². The van der Waals surface area contributed by atoms with E-state index in [1.165, 1.54) is 12.8 Å². The average molecular weight is 324 g/mol. The maximum absolute atomic E-state index is 12.2. The lowest BCUT2D eigenvalue weighted by Gasteiger charge is -2.16. The van der Waals surface area contributed by atoms with Gasteiger partial charge in [-0.05, 0) is 53.4 Å². The summed E-state index contributed by atoms with van der Waals surface area (Å²) in [5.41, 5.74) is 7.03. The summed E-state index contributed by atoms with van der Waals surface area (Å²) < 4.78 is 0.770. The van der Waals surface area contributed by atoms with Crippen molar-refractivity contribution in [3.05, 3.63) is 28.2 Å². The Morgan fingerprint density at radius 3 is 2.84 bits per heavy atom. The smallest absolute Gasteiger partial charge is 0.251 e. The van der Waals surface area contributed by atoms with Gasteiger partial charge in [0.15, 0.2) is 0 Å². The summed E-state index contributed by atoms with van der Waals surface area (Å²) >= 11 is 3.35. The van der Waals surface area contributed by atoms with Crippen LogP contribution in [0.4, 0.5) is 5.69 Å². The highest BCUT2D eigenvalue weighted by Gasteiger charge is 2.34. The number of nitrogens with two attached hydrogens (primary N) is 1. The van der Waals surface area contributed by atoms with Crippen molar-refractivity contribution in [2.24, 2.45) is 0 Å². The standard InChI is InChI=1S/C14H18BrN3O/c15-12-7-9(1-4-13(12)16)14(19)17-10-5-6-18(8-10)11-2-3-11/h1,4,7,10-11H,2-3,5-6,8,16H2,(H,17,19). The monoisotopic (exact) mass is 323 g/mol. The highest BCUT2D eigenvalue weighted by molar-refractivity contribution is 9.10. The fourth-order valence-electron chi connectivity index (χ4n) is 2.61. The Kier molecular flexibility index (Phi) is 3.50. The molecule has 1 heterocycles. The molecule has 3 rings (SSSR count). The van der Waals surface area contributed by atoms with Crippen LogP contribution < -0.4 is 11.1 Å². The Bertz CT molecular complexity index is 501. The molecule has 1 atom stereocenters. The minimum atomic E-state index is -0.0108. The molecule has 2 fully saturated rings. The van der Waals surface area contributed by atoms with Crippen LogP contribution in [0, 0.1) is 0 Å². The topological polar surface area (TPSA) is 58.4 Å². The summed E-state index contributed by atoms with van der Waals surface area (Å²) in [4.78, 5) is 14.7. The molecule has 1 aromatic rings. The van der Waals surface area contributed by atoms with E-state index in [0.717, 1.165) is 30.0 Å². The van der Waals surface area contributed by atoms with Crippen LogP contribution in [0.1, 0.15) is 29.6 Å². The Morgan fingerprint density at radius 2 is 2.16 bits per heavy atom. The molecule has 1 aromatic carbocycles. The van der Waals surface area contributed by atoms with E-state index in [-0.39, 0.29) is 11.9 Å². The summed E-state index contributed by atoms with van der Waals surface area (Å²) in [5.74, 6) is -0.0108. The fourth-order valence-corrected chi connectivity index (χ4v) is 2.99. The third kappa shape index (κ3) is 2.92. The molecule has 1 saturated carbocycles. The van der Waals surface area contributed by atoms with Gasteiger partial charge in [-0.3, -0.25) is 9.69 Å². The van der Waals surface area contributed by atoms with Crippen molar-refractivity contribution in [1.82, 2.24) is 10.2 Å². The van der Waals surface area contributed by atoms with Crippen LogP contribution in [0.2, 0.25) is 0 Å². The Balaban J connectivity index is 1.60. The summed E-state index contributed by atoms with van der Waals surface area (Å²) in [6.45, 7) is 2.10. The van der Waals surface area contributed by atoms with E-state index in [0.29, 0.717) is 11.3 Å². The molecule has 102 valence electrons. The number of hydrogen-bond acceptors (Lipinski definition) is 3. The minimum absolute atomic E-state index is 0.0108. The number of likely N-dealkylation sites (tertiary alicyclic amines) is 1. The maximum Gasteiger partial charge on any atom is 0.251 e. The minimum Gasteiger partial charge on any atom is -0.398 e. The molecular weight excluding hydrogens is 306 g/mol. The second-order valence-corrected chi connectivity index (χ2v) is 6.28. The maximum atomic E-state index is 12.2. The number of hydrogen-bond donors (Lipinski definition) is 2. The van der Waals surface area contributed by atoms with Crippen molar-refractivity contribution < 1.29 is 4.79 Å². The van der Waals surface area contributed by atoms with Gasteiger partial charge in [0.1, 0.15) is 0 Å². The van der Waals surface area contributed by atoms with Crippen LogP contribution in [0.25, 0.3) is 0 Å². The number of nitrogen functional groups attached to an aromatic ring is 1. The number of rotatable bonds is 3. The molecule has 1 saturated heterocycles. The van der Waals surface area contributed by atoms with E-state index in [1.807, 2.05) is 0 Å². The lowest BCUT2D eigenvalue weighted by Crippen LogP contribution is -2.37. The SMILES string of the molecule is Nc1ccc(C(=O)NC2CCN(C3CC3)C2)cc1Br. The number of nitrogens with zero attached hydrogens (tertiary/aromatic N) is 1. The third-order valence-electron chi connectivity index (χ3n) is 3.88. The van der Waals surface area contributed by atoms with Crippen LogP contribution in [0.5, 0.6) is 0 Å². The summed E-state index contributed by atoms with van der Waals surface area (Å²) in [6.07, 6.45) is 3.70. The first-order chi connectivity index (χ1) is 9.13. The van der Waals surface area contributed by atoms with E-state index in [4.69, 9.17) is 5.73 Å². The van der Waals surface area contributed by atoms with Gasteiger partial charge < -0.3 is 11.1 Å². The second kappa shape index (κ2) is 5.13. The van der Waals surface area contributed by atoms with Crippen LogP contribution in [-0.4, -0.2) is 36.0 Å². The molecule has 1 aliphatic heterocycles. The molecule has 0 radical (unpaired) electrons. The van der Waals surface area contributed by atoms with Crippen molar-refractivity contribution in [2.45, 2.75) is 31.3 Å². The number of carbonyl (C=O) groups is 1. The van der Waals surface area contributed by atoms with Crippen molar-refractivity contribution >= 4 is 27.5 Å². The second-order valence-electron chi connectivity index (χ2n) is 5.42. The van der Waals surface area contributed by atoms with E-state index in [2.05, 4.69) is 26.1 Å². The van der Waals surface area contributed by atoms with Gasteiger partial charge in [-0.1, -0.05) is 0 Å². The molecule has 4 nitrogen and oxygen atoms in total. The highest BCUT2D eigenvalue weighted by atomic mass is 79.9. The van der Waals surface area contributed by atoms with Crippen molar-refractivity contribution in [3.8, 4) is 0 Å². The molecule has 5 heteroatoms. The Labute approximate surface area is 121 Å². The molecular formula is C14H18BrN3O. The van der Waals surface area contributed by atoms with E-state index < -0.39 is 0 Å². The Morgan fingerprint density at radius 1 is 1.37 bits per heavy atom. The number of anilines is 1. The van der Waals surface area contributed by atoms with Crippen molar-refractivity contribution in [1.29, 1.82) is 0 Å². The zero-order valence-corrected chi connectivity index (χ0v) is 12.3. The van der Waals surface area contributed by atoms with E-state index in [1.54, 1.807) is 18.2 Å². The number of halogens is 1. The van der Waals surface area contributed by atoms with E-state index in [9.17, 15) is 4.79 Å². The summed E-state index contributed by atoms with van der Waals surface area (Å²) in [7, 11) is 0. The average Bonchev–Trinajstić information content (AvgIpc) is 3.14. The zero-order chi connectivity index (χ0) is 13.4. The Hall–Kier alpha value is -1.07. The predicted molar refractivity (Wildman–Crippen MR) is 79.0 cm³/mol. The molecule has 0 spiro atoms. The molecule has 19 heavy (non-hydrogen) atoms. The number of amides is 1. The largest absolute Gasteiger partial charge is 0.398 e. The van der Waals surface area contributed by atoms with Gasteiger partial charge >= 0.3 is 0 Å². The number of nitrogens with one attached hydrogen (secondary N) is 1. The molecule has 2 aliphatic rings. The van der Waals surface area contributed by atoms with Crippen LogP contribution in [0.15, 0.2) is 22.7 Å². The highest BCUT2D eigenvalue weighted by Crippen LogP contribution is 2.29. The summed E-state index contributed by atoms with van der Waals surface area (Å²) in [5, 5.41) is 3.11. The number of benzene rings is 1. The summed E-state index contributed by atoms with van der Waals surface area (Å²) in [6, 6.07) is 6.36. The molecule has 0 bridgehead atoms. The third-order valence-corrected chi connectivity index (χ3v) is 4.57. The van der Waals surface area contributed by atoms with Gasteiger partial charge in [0, 0.05) is 40.9 Å². The first-order valence-electron chi connectivity index (χ1n) is 6.73. The first-order valence-corrected chi connectivity index (χ1v) is 7.53. The van der Waals surface area contributed by atoms with Gasteiger partial charge in [-0.25, -0.2) is 0 Å². The predicted octanol–water partition coefficient (Wildman–Crippen LogP) is 2.00. The molecule has 1 amide bonds. The lowest BCUT2D eigenvalue weighted by atomic mass is 10.1. The molecule has 1 unspecified atom stereocenters. The van der Waals surface area contributed by atoms with Gasteiger partial charge in [-0.2, -0.15) is 0 Å². The van der Waals surface area contributed by atoms with Crippen molar-refractivity contribution in [3.63, 3.8) is 0 Å². The van der Waals surface area contributed by atoms with Crippen LogP contribution in [-0.2, 0) is 0 Å². The van der Waals surface area contributed by atoms with E-state index >= 15 is 0 Å². The molecule has 3 N–H and O–H groups in total. The van der Waals surface area contributed by atoms with Gasteiger partial charge in [0.05, 0.1) is 0 Å². The zero-order valence-electron chi connectivity index (χ0n) is 10.7. The number of carbonyl (C=O) groups excluding carboxylic acids is 1. The fraction of sp³-hybridized carbons (Fsp3) is 0.500. The first kappa shape index (κ1) is 12.9. The van der Waals surface area contributed by atoms with Gasteiger partial charge in [-0.15, -0.1) is 0 Å². The quantitative estimate of drug-likeness (QED) is 0.836. The normalized spacial score (nSPS) is 23.5. The van der Waals surface area contributed by atoms with Gasteiger partial charge in [0.25, 0.3) is 5.91 Å². The van der Waals surface area contributed by atoms with Crippen molar-refractivity contribution in [2.75, 3.05) is 18.8 Å². The van der Waals surface area contributed by atoms with Gasteiger partial charge in [0.2, 0.25) is 0 Å². The van der Waals surface area contributed by atoms with Crippen LogP contribution >= 0.6 is 15.9 Å². The molecule has 0 aromatic heterocycles.